The van der Waals surface area contributed by atoms with Crippen molar-refractivity contribution in [2.24, 2.45) is 17.8 Å². The SMILES string of the molecule is C#CC(NC)C1CC2CCC1CC2. The summed E-state index contributed by atoms with van der Waals surface area (Å²) >= 11 is 0. The van der Waals surface area contributed by atoms with Crippen LogP contribution in [0.2, 0.25) is 0 Å². The minimum atomic E-state index is 0.327. The van der Waals surface area contributed by atoms with Crippen molar-refractivity contribution in [1.82, 2.24) is 5.32 Å². The highest BCUT2D eigenvalue weighted by molar-refractivity contribution is 5.05. The van der Waals surface area contributed by atoms with Gasteiger partial charge in [0, 0.05) is 0 Å². The van der Waals surface area contributed by atoms with E-state index in [-0.39, 0.29) is 0 Å². The Morgan fingerprint density at radius 1 is 1.31 bits per heavy atom. The molecule has 1 nitrogen and oxygen atoms in total. The normalized spacial score (nSPS) is 39.8. The number of terminal acetylenes is 1. The molecule has 3 fully saturated rings. The van der Waals surface area contributed by atoms with E-state index in [4.69, 9.17) is 6.42 Å². The summed E-state index contributed by atoms with van der Waals surface area (Å²) in [5, 5.41) is 3.27. The number of nitrogens with one attached hydrogen (secondary N) is 1. The van der Waals surface area contributed by atoms with Gasteiger partial charge >= 0.3 is 0 Å². The van der Waals surface area contributed by atoms with Crippen LogP contribution in [0.15, 0.2) is 0 Å². The molecule has 3 aliphatic rings. The van der Waals surface area contributed by atoms with Crippen LogP contribution < -0.4 is 5.32 Å². The van der Waals surface area contributed by atoms with E-state index >= 15 is 0 Å². The molecular weight excluding hydrogens is 158 g/mol. The van der Waals surface area contributed by atoms with Gasteiger partial charge in [-0.15, -0.1) is 6.42 Å². The molecule has 1 heteroatoms. The molecule has 3 saturated carbocycles. The van der Waals surface area contributed by atoms with Gasteiger partial charge in [0.05, 0.1) is 6.04 Å². The molecule has 1 N–H and O–H groups in total. The van der Waals surface area contributed by atoms with Gasteiger partial charge in [-0.1, -0.05) is 18.8 Å². The Hall–Kier alpha value is -0.480. The molecule has 2 atom stereocenters. The summed E-state index contributed by atoms with van der Waals surface area (Å²) in [7, 11) is 1.99. The largest absolute Gasteiger partial charge is 0.307 e. The fraction of sp³-hybridized carbons (Fsp3) is 0.833. The second kappa shape index (κ2) is 3.72. The zero-order valence-corrected chi connectivity index (χ0v) is 8.42. The molecule has 3 aliphatic carbocycles. The number of hydrogen-bond acceptors (Lipinski definition) is 1. The Kier molecular flexibility index (Phi) is 2.60. The molecule has 0 radical (unpaired) electrons. The highest BCUT2D eigenvalue weighted by atomic mass is 14.9. The minimum absolute atomic E-state index is 0.327. The Morgan fingerprint density at radius 2 is 2.00 bits per heavy atom. The van der Waals surface area contributed by atoms with Crippen LogP contribution in [0.5, 0.6) is 0 Å². The summed E-state index contributed by atoms with van der Waals surface area (Å²) in [5.74, 6) is 5.56. The van der Waals surface area contributed by atoms with Gasteiger partial charge in [0.2, 0.25) is 0 Å². The van der Waals surface area contributed by atoms with Crippen LogP contribution in [0.25, 0.3) is 0 Å². The van der Waals surface area contributed by atoms with Crippen molar-refractivity contribution in [2.75, 3.05) is 7.05 Å². The first-order valence-corrected chi connectivity index (χ1v) is 5.48. The summed E-state index contributed by atoms with van der Waals surface area (Å²) in [5.41, 5.74) is 0. The van der Waals surface area contributed by atoms with E-state index in [1.165, 1.54) is 32.1 Å². The van der Waals surface area contributed by atoms with E-state index in [1.807, 2.05) is 7.05 Å². The van der Waals surface area contributed by atoms with E-state index < -0.39 is 0 Å². The van der Waals surface area contributed by atoms with Crippen molar-refractivity contribution in [1.29, 1.82) is 0 Å². The molecule has 0 aromatic heterocycles. The van der Waals surface area contributed by atoms with Gasteiger partial charge in [-0.25, -0.2) is 0 Å². The summed E-state index contributed by atoms with van der Waals surface area (Å²) in [4.78, 5) is 0. The Bertz CT molecular complexity index is 208. The van der Waals surface area contributed by atoms with E-state index in [0.717, 1.165) is 17.8 Å². The average Bonchev–Trinajstić information content (AvgIpc) is 2.22. The summed E-state index contributed by atoms with van der Waals surface area (Å²) in [6.07, 6.45) is 12.7. The zero-order chi connectivity index (χ0) is 9.26. The van der Waals surface area contributed by atoms with Crippen molar-refractivity contribution in [3.8, 4) is 12.3 Å². The molecule has 2 unspecified atom stereocenters. The van der Waals surface area contributed by atoms with E-state index in [2.05, 4.69) is 11.2 Å². The lowest BCUT2D eigenvalue weighted by Gasteiger charge is -2.44. The lowest BCUT2D eigenvalue weighted by Crippen LogP contribution is -2.43. The number of fused-ring (bicyclic) bond motifs is 3. The first-order valence-electron chi connectivity index (χ1n) is 5.48. The van der Waals surface area contributed by atoms with Crippen molar-refractivity contribution >= 4 is 0 Å². The van der Waals surface area contributed by atoms with Gasteiger partial charge in [0.1, 0.15) is 0 Å². The van der Waals surface area contributed by atoms with E-state index in [1.54, 1.807) is 0 Å². The molecule has 0 saturated heterocycles. The van der Waals surface area contributed by atoms with Crippen LogP contribution in [-0.2, 0) is 0 Å². The average molecular weight is 177 g/mol. The van der Waals surface area contributed by atoms with Crippen LogP contribution in [-0.4, -0.2) is 13.1 Å². The summed E-state index contributed by atoms with van der Waals surface area (Å²) in [6, 6.07) is 0.327. The van der Waals surface area contributed by atoms with E-state index in [0.29, 0.717) is 6.04 Å². The molecule has 0 aromatic carbocycles. The molecule has 13 heavy (non-hydrogen) atoms. The van der Waals surface area contributed by atoms with Crippen molar-refractivity contribution < 1.29 is 0 Å². The lowest BCUT2D eigenvalue weighted by atomic mass is 9.62. The third-order valence-electron chi connectivity index (χ3n) is 4.02. The van der Waals surface area contributed by atoms with Gasteiger partial charge in [-0.05, 0) is 44.1 Å². The third kappa shape index (κ3) is 1.60. The molecule has 0 spiro atoms. The molecule has 2 bridgehead atoms. The number of rotatable bonds is 2. The van der Waals surface area contributed by atoms with Crippen molar-refractivity contribution in [3.05, 3.63) is 0 Å². The predicted octanol–water partition coefficient (Wildman–Crippen LogP) is 2.03. The molecule has 0 aliphatic heterocycles. The molecule has 0 heterocycles. The Balaban J connectivity index is 2.04. The van der Waals surface area contributed by atoms with Crippen LogP contribution >= 0.6 is 0 Å². The van der Waals surface area contributed by atoms with Crippen molar-refractivity contribution in [3.63, 3.8) is 0 Å². The molecular formula is C12H19N. The Labute approximate surface area is 81.3 Å². The first kappa shape index (κ1) is 9.09. The highest BCUT2D eigenvalue weighted by Crippen LogP contribution is 2.45. The minimum Gasteiger partial charge on any atom is -0.307 e. The lowest BCUT2D eigenvalue weighted by molar-refractivity contribution is 0.0860. The van der Waals surface area contributed by atoms with Crippen molar-refractivity contribution in [2.45, 2.75) is 38.1 Å². The number of hydrogen-bond donors (Lipinski definition) is 1. The standard InChI is InChI=1S/C12H19N/c1-3-12(13-2)11-8-9-4-6-10(11)7-5-9/h1,9-13H,4-8H2,2H3. The molecule has 3 rings (SSSR count). The van der Waals surface area contributed by atoms with Gasteiger partial charge < -0.3 is 5.32 Å². The van der Waals surface area contributed by atoms with E-state index in [9.17, 15) is 0 Å². The maximum atomic E-state index is 5.53. The second-order valence-corrected chi connectivity index (χ2v) is 4.61. The van der Waals surface area contributed by atoms with Crippen LogP contribution in [0.3, 0.4) is 0 Å². The summed E-state index contributed by atoms with van der Waals surface area (Å²) in [6.45, 7) is 0. The Morgan fingerprint density at radius 3 is 2.38 bits per heavy atom. The van der Waals surface area contributed by atoms with Gasteiger partial charge in [-0.3, -0.25) is 0 Å². The van der Waals surface area contributed by atoms with Gasteiger partial charge in [-0.2, -0.15) is 0 Å². The molecule has 0 aromatic rings. The monoisotopic (exact) mass is 177 g/mol. The predicted molar refractivity (Wildman–Crippen MR) is 55.2 cm³/mol. The summed E-state index contributed by atoms with van der Waals surface area (Å²) < 4.78 is 0. The maximum absolute atomic E-state index is 5.53. The topological polar surface area (TPSA) is 12.0 Å². The quantitative estimate of drug-likeness (QED) is 0.636. The third-order valence-corrected chi connectivity index (χ3v) is 4.02. The van der Waals surface area contributed by atoms with Crippen LogP contribution in [0.4, 0.5) is 0 Å². The highest BCUT2D eigenvalue weighted by Gasteiger charge is 2.38. The fourth-order valence-corrected chi connectivity index (χ4v) is 3.26. The zero-order valence-electron chi connectivity index (χ0n) is 8.42. The molecule has 72 valence electrons. The van der Waals surface area contributed by atoms with Crippen LogP contribution in [0, 0.1) is 30.1 Å². The van der Waals surface area contributed by atoms with Gasteiger partial charge in [0.25, 0.3) is 0 Å². The van der Waals surface area contributed by atoms with Gasteiger partial charge in [0.15, 0.2) is 0 Å². The maximum Gasteiger partial charge on any atom is 0.0715 e. The smallest absolute Gasteiger partial charge is 0.0715 e. The first-order chi connectivity index (χ1) is 6.35. The second-order valence-electron chi connectivity index (χ2n) is 4.61. The fourth-order valence-electron chi connectivity index (χ4n) is 3.26. The molecule has 0 amide bonds. The van der Waals surface area contributed by atoms with Crippen LogP contribution in [0.1, 0.15) is 32.1 Å².